The first-order valence-electron chi connectivity index (χ1n) is 7.34. The van der Waals surface area contributed by atoms with Crippen LogP contribution in [0.4, 0.5) is 4.79 Å². The Kier molecular flexibility index (Phi) is 6.21. The van der Waals surface area contributed by atoms with Gasteiger partial charge in [-0.25, -0.2) is 9.59 Å². The van der Waals surface area contributed by atoms with Crippen LogP contribution in [0.5, 0.6) is 0 Å². The van der Waals surface area contributed by atoms with E-state index in [0.29, 0.717) is 6.54 Å². The van der Waals surface area contributed by atoms with Crippen LogP contribution >= 0.6 is 0 Å². The van der Waals surface area contributed by atoms with Crippen LogP contribution in [0.1, 0.15) is 56.0 Å². The number of amides is 2. The van der Waals surface area contributed by atoms with Crippen LogP contribution in [0.3, 0.4) is 0 Å². The van der Waals surface area contributed by atoms with Crippen molar-refractivity contribution in [3.63, 3.8) is 0 Å². The van der Waals surface area contributed by atoms with Crippen LogP contribution in [0.2, 0.25) is 0 Å². The molecule has 1 aromatic carbocycles. The van der Waals surface area contributed by atoms with Crippen molar-refractivity contribution in [3.05, 3.63) is 35.4 Å². The summed E-state index contributed by atoms with van der Waals surface area (Å²) in [5.74, 6) is -0.969. The summed E-state index contributed by atoms with van der Waals surface area (Å²) in [6, 6.07) is 6.34. The van der Waals surface area contributed by atoms with Crippen molar-refractivity contribution in [3.8, 4) is 0 Å². The minimum Gasteiger partial charge on any atom is -0.478 e. The molecule has 116 valence electrons. The number of carboxylic acid groups (broad SMARTS) is 1. The summed E-state index contributed by atoms with van der Waals surface area (Å²) in [5.41, 5.74) is 0.812. The van der Waals surface area contributed by atoms with Crippen LogP contribution in [-0.2, 0) is 6.54 Å². The summed E-state index contributed by atoms with van der Waals surface area (Å²) in [6.45, 7) is 6.48. The summed E-state index contributed by atoms with van der Waals surface area (Å²) < 4.78 is 0. The van der Waals surface area contributed by atoms with Gasteiger partial charge < -0.3 is 15.7 Å². The molecule has 0 fully saturated rings. The number of carbonyl (C=O) groups is 2. The molecule has 1 rings (SSSR count). The fourth-order valence-electron chi connectivity index (χ4n) is 2.30. The van der Waals surface area contributed by atoms with Gasteiger partial charge in [0.15, 0.2) is 0 Å². The topological polar surface area (TPSA) is 78.4 Å². The second-order valence-corrected chi connectivity index (χ2v) is 5.15. The van der Waals surface area contributed by atoms with Gasteiger partial charge in [0, 0.05) is 12.1 Å². The number of hydrogen-bond donors (Lipinski definition) is 3. The minimum absolute atomic E-state index is 0.174. The standard InChI is InChI=1S/C16H24N2O3/c1-4-16(5-2,6-3)18-15(21)17-11-12-8-7-9-13(10-12)14(19)20/h7-10H,4-6,11H2,1-3H3,(H,19,20)(H2,17,18,21). The van der Waals surface area contributed by atoms with Crippen molar-refractivity contribution in [1.82, 2.24) is 10.6 Å². The zero-order valence-corrected chi connectivity index (χ0v) is 12.9. The van der Waals surface area contributed by atoms with Gasteiger partial charge in [0.25, 0.3) is 0 Å². The normalized spacial score (nSPS) is 11.0. The number of hydrogen-bond acceptors (Lipinski definition) is 2. The molecule has 3 N–H and O–H groups in total. The van der Waals surface area contributed by atoms with Gasteiger partial charge in [0.2, 0.25) is 0 Å². The van der Waals surface area contributed by atoms with E-state index in [4.69, 9.17) is 5.11 Å². The molecule has 0 radical (unpaired) electrons. The highest BCUT2D eigenvalue weighted by Gasteiger charge is 2.25. The second kappa shape index (κ2) is 7.67. The van der Waals surface area contributed by atoms with Gasteiger partial charge in [-0.15, -0.1) is 0 Å². The summed E-state index contributed by atoms with van der Waals surface area (Å²) in [4.78, 5) is 22.9. The molecule has 0 aliphatic heterocycles. The van der Waals surface area contributed by atoms with Crippen molar-refractivity contribution in [2.75, 3.05) is 0 Å². The first-order chi connectivity index (χ1) is 9.96. The van der Waals surface area contributed by atoms with E-state index in [1.165, 1.54) is 6.07 Å². The molecule has 21 heavy (non-hydrogen) atoms. The molecule has 1 aromatic rings. The van der Waals surface area contributed by atoms with Crippen LogP contribution in [0.25, 0.3) is 0 Å². The molecule has 5 nitrogen and oxygen atoms in total. The molecule has 0 aliphatic rings. The molecular weight excluding hydrogens is 268 g/mol. The Morgan fingerprint density at radius 1 is 1.14 bits per heavy atom. The minimum atomic E-state index is -0.969. The van der Waals surface area contributed by atoms with Crippen molar-refractivity contribution >= 4 is 12.0 Å². The van der Waals surface area contributed by atoms with Crippen LogP contribution < -0.4 is 10.6 Å². The van der Waals surface area contributed by atoms with Gasteiger partial charge >= 0.3 is 12.0 Å². The van der Waals surface area contributed by atoms with E-state index in [9.17, 15) is 9.59 Å². The molecule has 0 unspecified atom stereocenters. The zero-order valence-electron chi connectivity index (χ0n) is 12.9. The molecule has 0 bridgehead atoms. The molecule has 5 heteroatoms. The summed E-state index contributed by atoms with van der Waals surface area (Å²) in [7, 11) is 0. The molecule has 2 amide bonds. The van der Waals surface area contributed by atoms with E-state index >= 15 is 0 Å². The maximum absolute atomic E-state index is 12.0. The lowest BCUT2D eigenvalue weighted by Gasteiger charge is -2.31. The molecule has 0 aromatic heterocycles. The number of benzene rings is 1. The summed E-state index contributed by atoms with van der Waals surface area (Å²) in [6.07, 6.45) is 2.63. The van der Waals surface area contributed by atoms with E-state index in [1.807, 2.05) is 0 Å². The Morgan fingerprint density at radius 3 is 2.29 bits per heavy atom. The smallest absolute Gasteiger partial charge is 0.335 e. The Balaban J connectivity index is 2.61. The lowest BCUT2D eigenvalue weighted by atomic mass is 9.90. The number of nitrogens with one attached hydrogen (secondary N) is 2. The van der Waals surface area contributed by atoms with Gasteiger partial charge in [-0.2, -0.15) is 0 Å². The highest BCUT2D eigenvalue weighted by molar-refractivity contribution is 5.87. The summed E-state index contributed by atoms with van der Waals surface area (Å²) in [5, 5.41) is 14.7. The Hall–Kier alpha value is -2.04. The monoisotopic (exact) mass is 292 g/mol. The van der Waals surface area contributed by atoms with Crippen molar-refractivity contribution in [2.24, 2.45) is 0 Å². The van der Waals surface area contributed by atoms with Crippen LogP contribution in [0.15, 0.2) is 24.3 Å². The van der Waals surface area contributed by atoms with Crippen molar-refractivity contribution < 1.29 is 14.7 Å². The largest absolute Gasteiger partial charge is 0.478 e. The molecule has 0 saturated heterocycles. The van der Waals surface area contributed by atoms with Gasteiger partial charge in [0.05, 0.1) is 5.56 Å². The zero-order chi connectivity index (χ0) is 15.9. The predicted octanol–water partition coefficient (Wildman–Crippen LogP) is 3.15. The lowest BCUT2D eigenvalue weighted by Crippen LogP contribution is -2.51. The maximum Gasteiger partial charge on any atom is 0.335 e. The average molecular weight is 292 g/mol. The van der Waals surface area contributed by atoms with Crippen molar-refractivity contribution in [2.45, 2.75) is 52.1 Å². The second-order valence-electron chi connectivity index (χ2n) is 5.15. The van der Waals surface area contributed by atoms with E-state index < -0.39 is 5.97 Å². The number of carboxylic acids is 1. The highest BCUT2D eigenvalue weighted by atomic mass is 16.4. The summed E-state index contributed by atoms with van der Waals surface area (Å²) >= 11 is 0. The number of urea groups is 1. The van der Waals surface area contributed by atoms with Crippen LogP contribution in [-0.4, -0.2) is 22.6 Å². The Labute approximate surface area is 125 Å². The average Bonchev–Trinajstić information content (AvgIpc) is 2.51. The molecule has 0 atom stereocenters. The van der Waals surface area contributed by atoms with Gasteiger partial charge in [-0.3, -0.25) is 0 Å². The molecule has 0 aliphatic carbocycles. The quantitative estimate of drug-likeness (QED) is 0.722. The molecular formula is C16H24N2O3. The van der Waals surface area contributed by atoms with Gasteiger partial charge in [-0.05, 0) is 37.0 Å². The number of aromatic carboxylic acids is 1. The Morgan fingerprint density at radius 2 is 1.76 bits per heavy atom. The lowest BCUT2D eigenvalue weighted by molar-refractivity contribution is 0.0696. The molecule has 0 spiro atoms. The predicted molar refractivity (Wildman–Crippen MR) is 82.4 cm³/mol. The fourth-order valence-corrected chi connectivity index (χ4v) is 2.30. The Bertz CT molecular complexity index is 488. The third-order valence-corrected chi connectivity index (χ3v) is 4.04. The fraction of sp³-hybridized carbons (Fsp3) is 0.500. The maximum atomic E-state index is 12.0. The highest BCUT2D eigenvalue weighted by Crippen LogP contribution is 2.18. The van der Waals surface area contributed by atoms with Crippen molar-refractivity contribution in [1.29, 1.82) is 0 Å². The number of carbonyl (C=O) groups excluding carboxylic acids is 1. The first kappa shape index (κ1) is 17.0. The SMILES string of the molecule is CCC(CC)(CC)NC(=O)NCc1cccc(C(=O)O)c1. The van der Waals surface area contributed by atoms with E-state index in [-0.39, 0.29) is 17.1 Å². The van der Waals surface area contributed by atoms with Crippen LogP contribution in [0, 0.1) is 0 Å². The van der Waals surface area contributed by atoms with Gasteiger partial charge in [-0.1, -0.05) is 32.9 Å². The van der Waals surface area contributed by atoms with E-state index in [1.54, 1.807) is 18.2 Å². The third-order valence-electron chi connectivity index (χ3n) is 4.04. The van der Waals surface area contributed by atoms with E-state index in [0.717, 1.165) is 24.8 Å². The molecule has 0 saturated carbocycles. The van der Waals surface area contributed by atoms with Gasteiger partial charge in [0.1, 0.15) is 0 Å². The van der Waals surface area contributed by atoms with E-state index in [2.05, 4.69) is 31.4 Å². The molecule has 0 heterocycles. The first-order valence-corrected chi connectivity index (χ1v) is 7.34. The number of rotatable bonds is 7. The third kappa shape index (κ3) is 4.77.